The Labute approximate surface area is 87.2 Å². The highest BCUT2D eigenvalue weighted by atomic mass is 35.5. The Kier molecular flexibility index (Phi) is 4.54. The third kappa shape index (κ3) is 3.47. The molecule has 0 saturated heterocycles. The van der Waals surface area contributed by atoms with Gasteiger partial charge < -0.3 is 5.32 Å². The molecule has 0 radical (unpaired) electrons. The van der Waals surface area contributed by atoms with Crippen molar-refractivity contribution in [2.45, 2.75) is 50.9 Å². The van der Waals surface area contributed by atoms with Gasteiger partial charge in [-0.25, -0.2) is 0 Å². The molecule has 3 unspecified atom stereocenters. The first-order chi connectivity index (χ1) is 6.13. The molecule has 0 aromatic carbocycles. The van der Waals surface area contributed by atoms with Gasteiger partial charge in [-0.15, -0.1) is 11.6 Å². The third-order valence-corrected chi connectivity index (χ3v) is 3.62. The Bertz CT molecular complexity index is 147. The lowest BCUT2D eigenvalue weighted by Gasteiger charge is -2.33. The van der Waals surface area contributed by atoms with Crippen LogP contribution in [0, 0.1) is 11.8 Å². The normalized spacial score (nSPS) is 35.3. The predicted octanol–water partition coefficient (Wildman–Crippen LogP) is 3.03. The van der Waals surface area contributed by atoms with Crippen LogP contribution in [-0.4, -0.2) is 18.5 Å². The van der Waals surface area contributed by atoms with Gasteiger partial charge in [-0.2, -0.15) is 0 Å². The van der Waals surface area contributed by atoms with Crippen LogP contribution in [0.1, 0.15) is 39.5 Å². The number of halogens is 1. The average molecular weight is 204 g/mol. The molecule has 0 amide bonds. The molecule has 0 heterocycles. The second-order valence-electron chi connectivity index (χ2n) is 4.70. The lowest BCUT2D eigenvalue weighted by Crippen LogP contribution is -2.36. The van der Waals surface area contributed by atoms with E-state index in [1.807, 2.05) is 7.05 Å². The summed E-state index contributed by atoms with van der Waals surface area (Å²) in [5.74, 6) is 1.55. The van der Waals surface area contributed by atoms with E-state index in [0.717, 1.165) is 18.3 Å². The first kappa shape index (κ1) is 11.3. The third-order valence-electron chi connectivity index (χ3n) is 3.09. The van der Waals surface area contributed by atoms with Gasteiger partial charge in [0.2, 0.25) is 0 Å². The van der Waals surface area contributed by atoms with Crippen LogP contribution in [0.15, 0.2) is 0 Å². The van der Waals surface area contributed by atoms with Crippen molar-refractivity contribution in [2.75, 3.05) is 7.05 Å². The van der Waals surface area contributed by atoms with E-state index in [-0.39, 0.29) is 0 Å². The highest BCUT2D eigenvalue weighted by molar-refractivity contribution is 6.20. The fourth-order valence-electron chi connectivity index (χ4n) is 2.31. The maximum atomic E-state index is 6.36. The molecule has 0 spiro atoms. The van der Waals surface area contributed by atoms with Gasteiger partial charge in [0.15, 0.2) is 0 Å². The molecule has 78 valence electrons. The van der Waals surface area contributed by atoms with E-state index in [2.05, 4.69) is 19.2 Å². The molecule has 3 atom stereocenters. The summed E-state index contributed by atoms with van der Waals surface area (Å²) in [5.41, 5.74) is 0. The van der Waals surface area contributed by atoms with Gasteiger partial charge in [0.05, 0.1) is 0 Å². The van der Waals surface area contributed by atoms with Crippen LogP contribution in [0.5, 0.6) is 0 Å². The summed E-state index contributed by atoms with van der Waals surface area (Å²) < 4.78 is 0. The van der Waals surface area contributed by atoms with Gasteiger partial charge >= 0.3 is 0 Å². The topological polar surface area (TPSA) is 12.0 Å². The van der Waals surface area contributed by atoms with Gasteiger partial charge in [0.25, 0.3) is 0 Å². The van der Waals surface area contributed by atoms with Gasteiger partial charge in [-0.3, -0.25) is 0 Å². The molecule has 1 aliphatic carbocycles. The molecule has 1 N–H and O–H groups in total. The lowest BCUT2D eigenvalue weighted by molar-refractivity contribution is 0.272. The Balaban J connectivity index is 2.35. The standard InChI is InChI=1S/C11H22ClN/c1-8(2)6-9-4-5-10(13-3)7-11(9)12/h8-11,13H,4-7H2,1-3H3. The molecule has 0 aromatic rings. The van der Waals surface area contributed by atoms with Crippen LogP contribution < -0.4 is 5.32 Å². The van der Waals surface area contributed by atoms with Crippen LogP contribution in [-0.2, 0) is 0 Å². The summed E-state index contributed by atoms with van der Waals surface area (Å²) >= 11 is 6.36. The van der Waals surface area contributed by atoms with E-state index in [4.69, 9.17) is 11.6 Å². The van der Waals surface area contributed by atoms with Gasteiger partial charge in [-0.05, 0) is 44.6 Å². The molecule has 1 aliphatic rings. The van der Waals surface area contributed by atoms with Crippen LogP contribution >= 0.6 is 11.6 Å². The number of alkyl halides is 1. The molecule has 1 fully saturated rings. The van der Waals surface area contributed by atoms with Crippen molar-refractivity contribution in [3.05, 3.63) is 0 Å². The number of nitrogens with one attached hydrogen (secondary N) is 1. The molecule has 0 aliphatic heterocycles. The Hall–Kier alpha value is 0.250. The molecular formula is C11H22ClN. The van der Waals surface area contributed by atoms with Crippen molar-refractivity contribution in [3.63, 3.8) is 0 Å². The highest BCUT2D eigenvalue weighted by Gasteiger charge is 2.28. The summed E-state index contributed by atoms with van der Waals surface area (Å²) in [6.45, 7) is 4.57. The molecule has 13 heavy (non-hydrogen) atoms. The van der Waals surface area contributed by atoms with Crippen molar-refractivity contribution in [1.82, 2.24) is 5.32 Å². The summed E-state index contributed by atoms with van der Waals surface area (Å²) in [6.07, 6.45) is 5.05. The minimum absolute atomic E-state index is 0.397. The van der Waals surface area contributed by atoms with Crippen LogP contribution in [0.2, 0.25) is 0 Å². The first-order valence-electron chi connectivity index (χ1n) is 5.44. The molecule has 0 aromatic heterocycles. The van der Waals surface area contributed by atoms with Gasteiger partial charge in [0.1, 0.15) is 0 Å². The van der Waals surface area contributed by atoms with Crippen molar-refractivity contribution >= 4 is 11.6 Å². The zero-order valence-corrected chi connectivity index (χ0v) is 9.77. The zero-order valence-electron chi connectivity index (χ0n) is 9.02. The number of hydrogen-bond donors (Lipinski definition) is 1. The fraction of sp³-hybridized carbons (Fsp3) is 1.00. The van der Waals surface area contributed by atoms with Crippen LogP contribution in [0.25, 0.3) is 0 Å². The van der Waals surface area contributed by atoms with Crippen LogP contribution in [0.3, 0.4) is 0 Å². The highest BCUT2D eigenvalue weighted by Crippen LogP contribution is 2.33. The largest absolute Gasteiger partial charge is 0.317 e. The van der Waals surface area contributed by atoms with E-state index in [1.54, 1.807) is 0 Å². The Morgan fingerprint density at radius 2 is 2.08 bits per heavy atom. The zero-order chi connectivity index (χ0) is 9.84. The summed E-state index contributed by atoms with van der Waals surface area (Å²) in [5, 5.41) is 3.72. The van der Waals surface area contributed by atoms with E-state index < -0.39 is 0 Å². The monoisotopic (exact) mass is 203 g/mol. The molecule has 1 nitrogen and oxygen atoms in total. The SMILES string of the molecule is CNC1CCC(CC(C)C)C(Cl)C1. The summed E-state index contributed by atoms with van der Waals surface area (Å²) in [7, 11) is 2.04. The van der Waals surface area contributed by atoms with Crippen molar-refractivity contribution in [1.29, 1.82) is 0 Å². The van der Waals surface area contributed by atoms with Crippen molar-refractivity contribution in [2.24, 2.45) is 11.8 Å². The van der Waals surface area contributed by atoms with Crippen molar-refractivity contribution in [3.8, 4) is 0 Å². The second kappa shape index (κ2) is 5.21. The van der Waals surface area contributed by atoms with E-state index in [9.17, 15) is 0 Å². The predicted molar refractivity (Wildman–Crippen MR) is 59.3 cm³/mol. The number of hydrogen-bond acceptors (Lipinski definition) is 1. The summed E-state index contributed by atoms with van der Waals surface area (Å²) in [4.78, 5) is 0. The fourth-order valence-corrected chi connectivity index (χ4v) is 2.76. The molecule has 1 rings (SSSR count). The van der Waals surface area contributed by atoms with E-state index in [1.165, 1.54) is 19.3 Å². The summed E-state index contributed by atoms with van der Waals surface area (Å²) in [6, 6.07) is 0.658. The Morgan fingerprint density at radius 3 is 2.54 bits per heavy atom. The minimum Gasteiger partial charge on any atom is -0.317 e. The van der Waals surface area contributed by atoms with Crippen LogP contribution in [0.4, 0.5) is 0 Å². The molecule has 1 saturated carbocycles. The molecule has 2 heteroatoms. The van der Waals surface area contributed by atoms with E-state index in [0.29, 0.717) is 11.4 Å². The number of rotatable bonds is 3. The van der Waals surface area contributed by atoms with E-state index >= 15 is 0 Å². The average Bonchev–Trinajstić information content (AvgIpc) is 2.08. The molecular weight excluding hydrogens is 182 g/mol. The maximum Gasteiger partial charge on any atom is 0.0379 e. The smallest absolute Gasteiger partial charge is 0.0379 e. The lowest BCUT2D eigenvalue weighted by atomic mass is 9.81. The Morgan fingerprint density at radius 1 is 1.38 bits per heavy atom. The maximum absolute atomic E-state index is 6.36. The molecule has 0 bridgehead atoms. The quantitative estimate of drug-likeness (QED) is 0.696. The van der Waals surface area contributed by atoms with Crippen molar-refractivity contribution < 1.29 is 0 Å². The minimum atomic E-state index is 0.397. The second-order valence-corrected chi connectivity index (χ2v) is 5.26. The van der Waals surface area contributed by atoms with Gasteiger partial charge in [-0.1, -0.05) is 13.8 Å². The first-order valence-corrected chi connectivity index (χ1v) is 5.88. The van der Waals surface area contributed by atoms with Gasteiger partial charge in [0, 0.05) is 11.4 Å².